The molecule has 0 saturated heterocycles. The number of benzene rings is 1. The van der Waals surface area contributed by atoms with Gasteiger partial charge in [-0.2, -0.15) is 4.39 Å². The van der Waals surface area contributed by atoms with E-state index in [9.17, 15) is 8.78 Å². The first-order valence-corrected chi connectivity index (χ1v) is 4.73. The Morgan fingerprint density at radius 2 is 1.87 bits per heavy atom. The fraction of sp³-hybridized carbons (Fsp3) is 0. The first-order chi connectivity index (χ1) is 7.00. The highest BCUT2D eigenvalue weighted by atomic mass is 79.9. The lowest BCUT2D eigenvalue weighted by Crippen LogP contribution is -2.27. The van der Waals surface area contributed by atoms with Crippen LogP contribution < -0.4 is 5.66 Å². The number of halogens is 3. The lowest BCUT2D eigenvalue weighted by molar-refractivity contribution is 0.410. The number of rotatable bonds is 1. The van der Waals surface area contributed by atoms with Crippen molar-refractivity contribution in [3.63, 3.8) is 0 Å². The van der Waals surface area contributed by atoms with Gasteiger partial charge in [-0.25, -0.2) is 4.39 Å². The number of furan rings is 1. The van der Waals surface area contributed by atoms with Gasteiger partial charge in [-0.3, -0.25) is 0 Å². The van der Waals surface area contributed by atoms with E-state index in [1.165, 1.54) is 12.1 Å². The van der Waals surface area contributed by atoms with E-state index in [1.807, 2.05) is 0 Å². The molecule has 0 aliphatic rings. The van der Waals surface area contributed by atoms with Crippen LogP contribution in [0.4, 0.5) is 8.78 Å². The molecule has 2 aromatic rings. The fourth-order valence-electron chi connectivity index (χ4n) is 1.24. The van der Waals surface area contributed by atoms with Gasteiger partial charge in [0.15, 0.2) is 11.4 Å². The van der Waals surface area contributed by atoms with E-state index >= 15 is 0 Å². The Hall–Kier alpha value is -0.915. The van der Waals surface area contributed by atoms with Crippen LogP contribution in [-0.2, 0) is 0 Å². The number of hydrogen-bond acceptors (Lipinski definition) is 3. The van der Waals surface area contributed by atoms with Gasteiger partial charge in [0, 0.05) is 5.39 Å². The van der Waals surface area contributed by atoms with Gasteiger partial charge in [0.05, 0.1) is 4.47 Å². The van der Waals surface area contributed by atoms with Crippen molar-refractivity contribution in [3.05, 3.63) is 28.2 Å². The van der Waals surface area contributed by atoms with Crippen LogP contribution in [0.1, 0.15) is 0 Å². The SMILES string of the molecule is OB(O)c1cc2cc(Br)c(F)c(F)c2o1. The number of fused-ring (bicyclic) bond motifs is 1. The van der Waals surface area contributed by atoms with Crippen molar-refractivity contribution < 1.29 is 23.2 Å². The molecule has 1 heterocycles. The molecule has 7 heteroatoms. The first-order valence-electron chi connectivity index (χ1n) is 3.93. The fourth-order valence-corrected chi connectivity index (χ4v) is 1.66. The molecule has 0 bridgehead atoms. The third kappa shape index (κ3) is 1.66. The van der Waals surface area contributed by atoms with Crippen LogP contribution in [0.3, 0.4) is 0 Å². The van der Waals surface area contributed by atoms with Crippen molar-refractivity contribution >= 4 is 39.7 Å². The molecule has 0 aliphatic carbocycles. The van der Waals surface area contributed by atoms with Gasteiger partial charge in [0.2, 0.25) is 5.82 Å². The highest BCUT2D eigenvalue weighted by molar-refractivity contribution is 9.10. The molecule has 0 amide bonds. The largest absolute Gasteiger partial charge is 0.526 e. The zero-order valence-electron chi connectivity index (χ0n) is 7.17. The van der Waals surface area contributed by atoms with Gasteiger partial charge in [-0.15, -0.1) is 0 Å². The van der Waals surface area contributed by atoms with Gasteiger partial charge in [-0.1, -0.05) is 0 Å². The molecule has 15 heavy (non-hydrogen) atoms. The molecule has 2 rings (SSSR count). The Labute approximate surface area is 91.6 Å². The van der Waals surface area contributed by atoms with Crippen molar-refractivity contribution in [2.24, 2.45) is 0 Å². The van der Waals surface area contributed by atoms with E-state index in [-0.39, 0.29) is 21.1 Å². The second kappa shape index (κ2) is 3.59. The molecule has 1 aromatic carbocycles. The summed E-state index contributed by atoms with van der Waals surface area (Å²) in [7, 11) is -1.85. The molecule has 0 spiro atoms. The van der Waals surface area contributed by atoms with E-state index < -0.39 is 18.8 Å². The van der Waals surface area contributed by atoms with E-state index in [0.717, 1.165) is 0 Å². The highest BCUT2D eigenvalue weighted by Gasteiger charge is 2.21. The second-order valence-electron chi connectivity index (χ2n) is 2.93. The molecule has 0 unspecified atom stereocenters. The molecular weight excluding hydrogens is 273 g/mol. The Morgan fingerprint density at radius 1 is 1.20 bits per heavy atom. The summed E-state index contributed by atoms with van der Waals surface area (Å²) in [6, 6.07) is 2.52. The monoisotopic (exact) mass is 276 g/mol. The third-order valence-electron chi connectivity index (χ3n) is 1.92. The summed E-state index contributed by atoms with van der Waals surface area (Å²) in [5.41, 5.74) is -0.569. The molecule has 0 saturated carbocycles. The normalized spacial score (nSPS) is 11.0. The second-order valence-corrected chi connectivity index (χ2v) is 3.78. The third-order valence-corrected chi connectivity index (χ3v) is 2.50. The minimum Gasteiger partial charge on any atom is -0.461 e. The molecule has 2 N–H and O–H groups in total. The Morgan fingerprint density at radius 3 is 2.47 bits per heavy atom. The van der Waals surface area contributed by atoms with E-state index in [4.69, 9.17) is 14.5 Å². The maximum absolute atomic E-state index is 13.3. The smallest absolute Gasteiger partial charge is 0.461 e. The minimum absolute atomic E-state index is 0.0488. The molecule has 0 fully saturated rings. The van der Waals surface area contributed by atoms with Crippen molar-refractivity contribution in [3.8, 4) is 0 Å². The van der Waals surface area contributed by atoms with E-state index in [2.05, 4.69) is 15.9 Å². The van der Waals surface area contributed by atoms with Crippen LogP contribution in [0.15, 0.2) is 21.0 Å². The first kappa shape index (κ1) is 10.6. The summed E-state index contributed by atoms with van der Waals surface area (Å²) >= 11 is 2.83. The van der Waals surface area contributed by atoms with Gasteiger partial charge >= 0.3 is 7.12 Å². The summed E-state index contributed by atoms with van der Waals surface area (Å²) in [4.78, 5) is 0. The molecule has 78 valence electrons. The van der Waals surface area contributed by atoms with Crippen LogP contribution in [0.25, 0.3) is 11.0 Å². The zero-order valence-corrected chi connectivity index (χ0v) is 8.75. The van der Waals surface area contributed by atoms with Crippen LogP contribution in [0, 0.1) is 11.6 Å². The van der Waals surface area contributed by atoms with Gasteiger partial charge < -0.3 is 14.5 Å². The maximum atomic E-state index is 13.3. The van der Waals surface area contributed by atoms with Gasteiger partial charge in [0.1, 0.15) is 5.66 Å². The predicted octanol–water partition coefficient (Wildman–Crippen LogP) is 1.15. The van der Waals surface area contributed by atoms with Crippen LogP contribution in [0.5, 0.6) is 0 Å². The average molecular weight is 277 g/mol. The predicted molar refractivity (Wildman–Crippen MR) is 53.7 cm³/mol. The quantitative estimate of drug-likeness (QED) is 0.607. The van der Waals surface area contributed by atoms with E-state index in [1.54, 1.807) is 0 Å². The number of hydrogen-bond donors (Lipinski definition) is 2. The van der Waals surface area contributed by atoms with Crippen LogP contribution >= 0.6 is 15.9 Å². The molecule has 0 atom stereocenters. The zero-order chi connectivity index (χ0) is 11.2. The van der Waals surface area contributed by atoms with Gasteiger partial charge in [-0.05, 0) is 28.1 Å². The van der Waals surface area contributed by atoms with Gasteiger partial charge in [0.25, 0.3) is 0 Å². The Bertz CT molecular complexity index is 526. The van der Waals surface area contributed by atoms with Crippen molar-refractivity contribution in [2.75, 3.05) is 0 Å². The summed E-state index contributed by atoms with van der Waals surface area (Å²) in [5.74, 6) is -2.23. The van der Waals surface area contributed by atoms with Crippen LogP contribution in [-0.4, -0.2) is 17.2 Å². The summed E-state index contributed by atoms with van der Waals surface area (Å²) in [5, 5.41) is 17.8. The average Bonchev–Trinajstić information content (AvgIpc) is 2.58. The lowest BCUT2D eigenvalue weighted by atomic mass is 9.88. The van der Waals surface area contributed by atoms with Crippen molar-refractivity contribution in [1.82, 2.24) is 0 Å². The minimum atomic E-state index is -1.85. The van der Waals surface area contributed by atoms with E-state index in [0.29, 0.717) is 0 Å². The Kier molecular flexibility index (Phi) is 2.53. The lowest BCUT2D eigenvalue weighted by Gasteiger charge is -1.96. The van der Waals surface area contributed by atoms with Crippen molar-refractivity contribution in [2.45, 2.75) is 0 Å². The standard InChI is InChI=1S/C8H4BBrF2O3/c10-4-1-3-2-5(9(13)14)15-8(3)7(12)6(4)11/h1-2,13-14H. The molecule has 1 aromatic heterocycles. The molecule has 0 aliphatic heterocycles. The molecule has 0 radical (unpaired) electrons. The highest BCUT2D eigenvalue weighted by Crippen LogP contribution is 2.27. The summed E-state index contributed by atoms with van der Waals surface area (Å²) < 4.78 is 31.0. The van der Waals surface area contributed by atoms with Crippen molar-refractivity contribution in [1.29, 1.82) is 0 Å². The molecule has 3 nitrogen and oxygen atoms in total. The summed E-state index contributed by atoms with van der Waals surface area (Å²) in [6.07, 6.45) is 0. The Balaban J connectivity index is 2.76. The maximum Gasteiger partial charge on any atom is 0.526 e. The molecular formula is C8H4BBrF2O3. The van der Waals surface area contributed by atoms with Crippen LogP contribution in [0.2, 0.25) is 0 Å². The summed E-state index contributed by atoms with van der Waals surface area (Å²) in [6.45, 7) is 0. The topological polar surface area (TPSA) is 53.6 Å².